The van der Waals surface area contributed by atoms with Gasteiger partial charge in [-0.2, -0.15) is 0 Å². The molecule has 2 atom stereocenters. The summed E-state index contributed by atoms with van der Waals surface area (Å²) in [6, 6.07) is 2.97. The van der Waals surface area contributed by atoms with Gasteiger partial charge in [0.05, 0.1) is 0 Å². The molecule has 1 aromatic rings. The Morgan fingerprint density at radius 1 is 1.00 bits per heavy atom. The second-order valence-electron chi connectivity index (χ2n) is 7.05. The molecule has 2 aliphatic rings. The summed E-state index contributed by atoms with van der Waals surface area (Å²) in [7, 11) is 0. The third-order valence-corrected chi connectivity index (χ3v) is 5.50. The molecule has 0 bridgehead atoms. The van der Waals surface area contributed by atoms with Crippen molar-refractivity contribution >= 4 is 0 Å². The Morgan fingerprint density at radius 3 is 2.48 bits per heavy atom. The van der Waals surface area contributed by atoms with Crippen LogP contribution in [0.3, 0.4) is 0 Å². The predicted octanol–water partition coefficient (Wildman–Crippen LogP) is 6.85. The van der Waals surface area contributed by atoms with Crippen LogP contribution in [0.15, 0.2) is 18.2 Å². The van der Waals surface area contributed by atoms with E-state index in [-0.39, 0.29) is 24.3 Å². The number of hydrogen-bond donors (Lipinski definition) is 0. The molecule has 2 fully saturated rings. The van der Waals surface area contributed by atoms with E-state index in [4.69, 9.17) is 6.85 Å². The van der Waals surface area contributed by atoms with Crippen molar-refractivity contribution in [3.63, 3.8) is 0 Å². The maximum atomic E-state index is 13.7. The average Bonchev–Trinajstić information content (AvgIpc) is 2.61. The summed E-state index contributed by atoms with van der Waals surface area (Å²) < 4.78 is 70.3. The predicted molar refractivity (Wildman–Crippen MR) is 91.4 cm³/mol. The first-order valence-electron chi connectivity index (χ1n) is 11.5. The van der Waals surface area contributed by atoms with Gasteiger partial charge in [0.25, 0.3) is 0 Å². The first-order chi connectivity index (χ1) is 13.0. The van der Waals surface area contributed by atoms with Crippen LogP contribution in [0.25, 0.3) is 0 Å². The molecule has 2 unspecified atom stereocenters. The van der Waals surface area contributed by atoms with Crippen LogP contribution in [-0.4, -0.2) is 0 Å². The van der Waals surface area contributed by atoms with Gasteiger partial charge in [-0.15, -0.1) is 0 Å². The molecule has 0 heterocycles. The van der Waals surface area contributed by atoms with Crippen molar-refractivity contribution < 1.29 is 15.6 Å². The van der Waals surface area contributed by atoms with Crippen molar-refractivity contribution in [2.45, 2.75) is 76.9 Å². The van der Waals surface area contributed by atoms with Crippen molar-refractivity contribution in [1.29, 1.82) is 0 Å². The van der Waals surface area contributed by atoms with Gasteiger partial charge in [0, 0.05) is 6.85 Å². The molecule has 2 heteroatoms. The highest BCUT2D eigenvalue weighted by atomic mass is 19.2. The third-order valence-electron chi connectivity index (χ3n) is 5.50. The minimum Gasteiger partial charge on any atom is -0.204 e. The molecule has 0 nitrogen and oxygen atoms in total. The quantitative estimate of drug-likeness (QED) is 0.568. The Morgan fingerprint density at radius 2 is 1.78 bits per heavy atom. The third kappa shape index (κ3) is 4.14. The van der Waals surface area contributed by atoms with E-state index in [2.05, 4.69) is 6.92 Å². The summed E-state index contributed by atoms with van der Waals surface area (Å²) in [5.74, 6) is -3.77. The van der Waals surface area contributed by atoms with E-state index in [0.29, 0.717) is 5.92 Å². The highest BCUT2D eigenvalue weighted by molar-refractivity contribution is 5.22. The van der Waals surface area contributed by atoms with Crippen molar-refractivity contribution in [2.75, 3.05) is 0 Å². The Kier molecular flexibility index (Phi) is 3.92. The molecule has 1 aromatic carbocycles. The highest BCUT2D eigenvalue weighted by Crippen LogP contribution is 2.44. The van der Waals surface area contributed by atoms with E-state index in [9.17, 15) is 8.78 Å². The van der Waals surface area contributed by atoms with E-state index < -0.39 is 36.2 Å². The number of benzene rings is 1. The molecule has 0 radical (unpaired) electrons. The van der Waals surface area contributed by atoms with Crippen LogP contribution in [0.4, 0.5) is 8.78 Å². The van der Waals surface area contributed by atoms with E-state index in [1.807, 2.05) is 0 Å². The first-order valence-corrected chi connectivity index (χ1v) is 8.96. The average molecular weight is 325 g/mol. The van der Waals surface area contributed by atoms with Crippen molar-refractivity contribution in [3.05, 3.63) is 35.4 Å². The zero-order chi connectivity index (χ0) is 20.7. The highest BCUT2D eigenvalue weighted by Gasteiger charge is 2.31. The van der Waals surface area contributed by atoms with Crippen molar-refractivity contribution in [2.24, 2.45) is 17.8 Å². The molecule has 23 heavy (non-hydrogen) atoms. The molecule has 0 N–H and O–H groups in total. The fourth-order valence-corrected chi connectivity index (χ4v) is 4.11. The SMILES string of the molecule is [2H]C1([2H])CC([2H])(c2ccc(F)c(F)c2)C([2H])([2H])CC1C1CCC(CCC)CC1. The Labute approximate surface area is 146 Å². The molecule has 2 aliphatic carbocycles. The molecular formula is C21H30F2. The standard InChI is InChI=1S/C21H30F2/c1-2-3-15-4-6-16(7-5-15)17-8-10-18(11-9-17)19-12-13-20(22)21(23)14-19/h12-18H,2-11H2,1H3/i8D2,11D2,18D. The van der Waals surface area contributed by atoms with Gasteiger partial charge >= 0.3 is 0 Å². The van der Waals surface area contributed by atoms with E-state index in [1.54, 1.807) is 0 Å². The Bertz CT molecular complexity index is 700. The maximum Gasteiger partial charge on any atom is 0.159 e. The molecular weight excluding hydrogens is 290 g/mol. The largest absolute Gasteiger partial charge is 0.204 e. The smallest absolute Gasteiger partial charge is 0.159 e. The summed E-state index contributed by atoms with van der Waals surface area (Å²) in [5.41, 5.74) is 0.00498. The lowest BCUT2D eigenvalue weighted by Crippen LogP contribution is -2.25. The van der Waals surface area contributed by atoms with Crippen LogP contribution >= 0.6 is 0 Å². The van der Waals surface area contributed by atoms with E-state index in [0.717, 1.165) is 44.2 Å². The molecule has 3 rings (SSSR count). The van der Waals surface area contributed by atoms with Gasteiger partial charge in [-0.05, 0) is 79.8 Å². The lowest BCUT2D eigenvalue weighted by atomic mass is 9.68. The summed E-state index contributed by atoms with van der Waals surface area (Å²) in [6.45, 7) is 2.17. The first kappa shape index (κ1) is 11.6. The molecule has 2 saturated carbocycles. The Balaban J connectivity index is 1.84. The fraction of sp³-hybridized carbons (Fsp3) is 0.714. The zero-order valence-corrected chi connectivity index (χ0v) is 13.9. The fourth-order valence-electron chi connectivity index (χ4n) is 4.11. The molecule has 0 aromatic heterocycles. The van der Waals surface area contributed by atoms with Crippen LogP contribution in [0.5, 0.6) is 0 Å². The molecule has 0 aliphatic heterocycles. The van der Waals surface area contributed by atoms with Gasteiger partial charge < -0.3 is 0 Å². The molecule has 128 valence electrons. The van der Waals surface area contributed by atoms with Gasteiger partial charge in [-0.3, -0.25) is 0 Å². The molecule has 0 amide bonds. The lowest BCUT2D eigenvalue weighted by molar-refractivity contribution is 0.156. The van der Waals surface area contributed by atoms with Crippen molar-refractivity contribution in [3.8, 4) is 0 Å². The zero-order valence-electron chi connectivity index (χ0n) is 18.9. The lowest BCUT2D eigenvalue weighted by Gasteiger charge is -2.38. The van der Waals surface area contributed by atoms with E-state index in [1.165, 1.54) is 12.5 Å². The van der Waals surface area contributed by atoms with Crippen molar-refractivity contribution in [1.82, 2.24) is 0 Å². The summed E-state index contributed by atoms with van der Waals surface area (Å²) in [6.07, 6.45) is 2.11. The van der Waals surface area contributed by atoms with Gasteiger partial charge in [0.2, 0.25) is 0 Å². The van der Waals surface area contributed by atoms with Crippen LogP contribution in [0.2, 0.25) is 0 Å². The van der Waals surface area contributed by atoms with Crippen LogP contribution < -0.4 is 0 Å². The summed E-state index contributed by atoms with van der Waals surface area (Å²) in [5, 5.41) is 0. The number of hydrogen-bond acceptors (Lipinski definition) is 0. The van der Waals surface area contributed by atoms with Gasteiger partial charge in [0.15, 0.2) is 11.6 Å². The maximum absolute atomic E-state index is 13.7. The van der Waals surface area contributed by atoms with Crippen LogP contribution in [-0.2, 0) is 0 Å². The van der Waals surface area contributed by atoms with E-state index >= 15 is 0 Å². The number of halogens is 2. The summed E-state index contributed by atoms with van der Waals surface area (Å²) >= 11 is 0. The summed E-state index contributed by atoms with van der Waals surface area (Å²) in [4.78, 5) is 0. The van der Waals surface area contributed by atoms with Gasteiger partial charge in [-0.25, -0.2) is 8.78 Å². The van der Waals surface area contributed by atoms with Gasteiger partial charge in [-0.1, -0.05) is 38.7 Å². The van der Waals surface area contributed by atoms with Gasteiger partial charge in [0.1, 0.15) is 0 Å². The minimum absolute atomic E-state index is 0.00498. The topological polar surface area (TPSA) is 0 Å². The number of rotatable bonds is 4. The van der Waals surface area contributed by atoms with Crippen LogP contribution in [0, 0.1) is 29.4 Å². The molecule has 0 spiro atoms. The second kappa shape index (κ2) is 7.77. The Hall–Kier alpha value is -0.920. The molecule has 0 saturated heterocycles. The second-order valence-corrected chi connectivity index (χ2v) is 7.05. The monoisotopic (exact) mass is 325 g/mol. The minimum atomic E-state index is -2.02. The van der Waals surface area contributed by atoms with Crippen LogP contribution in [0.1, 0.15) is 89.3 Å². The normalized spacial score (nSPS) is 42.7.